The minimum Gasteiger partial charge on any atom is -0.388 e. The second-order valence-corrected chi connectivity index (χ2v) is 5.55. The van der Waals surface area contributed by atoms with Gasteiger partial charge in [0.2, 0.25) is 0 Å². The first-order valence-corrected chi connectivity index (χ1v) is 6.47. The molecule has 4 nitrogen and oxygen atoms in total. The van der Waals surface area contributed by atoms with Gasteiger partial charge in [-0.05, 0) is 5.56 Å². The molecule has 102 valence electrons. The summed E-state index contributed by atoms with van der Waals surface area (Å²) in [6.07, 6.45) is 3.00. The molecule has 2 rings (SSSR count). The summed E-state index contributed by atoms with van der Waals surface area (Å²) in [5, 5.41) is 14.6. The van der Waals surface area contributed by atoms with Crippen LogP contribution in [0.2, 0.25) is 0 Å². The highest BCUT2D eigenvalue weighted by atomic mass is 16.3. The Morgan fingerprint density at radius 1 is 1.32 bits per heavy atom. The van der Waals surface area contributed by atoms with Gasteiger partial charge in [-0.25, -0.2) is 0 Å². The van der Waals surface area contributed by atoms with Crippen LogP contribution in [0.4, 0.5) is 0 Å². The summed E-state index contributed by atoms with van der Waals surface area (Å²) in [4.78, 5) is 0. The molecular weight excluding hydrogens is 238 g/mol. The summed E-state index contributed by atoms with van der Waals surface area (Å²) in [5.74, 6) is 0. The van der Waals surface area contributed by atoms with Crippen LogP contribution in [-0.4, -0.2) is 21.4 Å². The molecule has 1 atom stereocenters. The minimum absolute atomic E-state index is 0.347. The Balaban J connectivity index is 2.11. The largest absolute Gasteiger partial charge is 0.388 e. The van der Waals surface area contributed by atoms with Gasteiger partial charge in [0.15, 0.2) is 0 Å². The standard InChI is InChI=1S/C15H21N3O/c1-15(2,11-16)14(19)13-8-17-18(10-13)9-12-6-4-3-5-7-12/h3-8,10,14,19H,9,11,16H2,1-2H3. The Bertz CT molecular complexity index is 519. The van der Waals surface area contributed by atoms with Crippen LogP contribution in [0, 0.1) is 5.41 Å². The van der Waals surface area contributed by atoms with Crippen molar-refractivity contribution >= 4 is 0 Å². The Labute approximate surface area is 113 Å². The molecule has 1 heterocycles. The summed E-state index contributed by atoms with van der Waals surface area (Å²) in [6, 6.07) is 10.1. The average molecular weight is 259 g/mol. The number of nitrogens with zero attached hydrogens (tertiary/aromatic N) is 2. The van der Waals surface area contributed by atoms with E-state index in [1.54, 1.807) is 6.20 Å². The molecule has 19 heavy (non-hydrogen) atoms. The first-order valence-electron chi connectivity index (χ1n) is 6.47. The molecule has 0 saturated carbocycles. The molecule has 0 spiro atoms. The van der Waals surface area contributed by atoms with Crippen molar-refractivity contribution in [3.8, 4) is 0 Å². The van der Waals surface area contributed by atoms with E-state index in [0.717, 1.165) is 5.56 Å². The van der Waals surface area contributed by atoms with Crippen molar-refractivity contribution in [2.24, 2.45) is 11.1 Å². The fraction of sp³-hybridized carbons (Fsp3) is 0.400. The quantitative estimate of drug-likeness (QED) is 0.862. The average Bonchev–Trinajstić information content (AvgIpc) is 2.87. The zero-order chi connectivity index (χ0) is 13.9. The molecule has 0 fully saturated rings. The Hall–Kier alpha value is -1.65. The number of aliphatic hydroxyl groups excluding tert-OH is 1. The van der Waals surface area contributed by atoms with E-state index in [0.29, 0.717) is 13.1 Å². The lowest BCUT2D eigenvalue weighted by molar-refractivity contribution is 0.0554. The number of hydrogen-bond donors (Lipinski definition) is 2. The van der Waals surface area contributed by atoms with Gasteiger partial charge in [-0.2, -0.15) is 5.10 Å². The van der Waals surface area contributed by atoms with Gasteiger partial charge >= 0.3 is 0 Å². The third-order valence-electron chi connectivity index (χ3n) is 3.42. The van der Waals surface area contributed by atoms with Crippen molar-refractivity contribution in [2.45, 2.75) is 26.5 Å². The van der Waals surface area contributed by atoms with E-state index < -0.39 is 6.10 Å². The number of nitrogens with two attached hydrogens (primary N) is 1. The van der Waals surface area contributed by atoms with Crippen LogP contribution >= 0.6 is 0 Å². The zero-order valence-electron chi connectivity index (χ0n) is 11.5. The molecule has 3 N–H and O–H groups in total. The molecule has 0 aliphatic rings. The van der Waals surface area contributed by atoms with Gasteiger partial charge in [0.1, 0.15) is 0 Å². The first-order chi connectivity index (χ1) is 9.03. The molecule has 1 unspecified atom stereocenters. The van der Waals surface area contributed by atoms with Gasteiger partial charge in [0.25, 0.3) is 0 Å². The normalized spacial score (nSPS) is 13.5. The van der Waals surface area contributed by atoms with E-state index in [-0.39, 0.29) is 5.41 Å². The SMILES string of the molecule is CC(C)(CN)C(O)c1cnn(Cc2ccccc2)c1. The summed E-state index contributed by atoms with van der Waals surface area (Å²) in [7, 11) is 0. The topological polar surface area (TPSA) is 64.1 Å². The number of benzene rings is 1. The first kappa shape index (κ1) is 13.8. The van der Waals surface area contributed by atoms with Crippen LogP contribution in [0.15, 0.2) is 42.7 Å². The van der Waals surface area contributed by atoms with Crippen molar-refractivity contribution in [3.63, 3.8) is 0 Å². The van der Waals surface area contributed by atoms with Crippen LogP contribution in [0.3, 0.4) is 0 Å². The number of rotatable bonds is 5. The van der Waals surface area contributed by atoms with Crippen molar-refractivity contribution in [1.29, 1.82) is 0 Å². The van der Waals surface area contributed by atoms with E-state index >= 15 is 0 Å². The van der Waals surface area contributed by atoms with E-state index in [2.05, 4.69) is 17.2 Å². The lowest BCUT2D eigenvalue weighted by Gasteiger charge is -2.28. The maximum atomic E-state index is 10.3. The number of aliphatic hydroxyl groups is 1. The van der Waals surface area contributed by atoms with E-state index in [4.69, 9.17) is 5.73 Å². The van der Waals surface area contributed by atoms with Gasteiger partial charge in [-0.3, -0.25) is 4.68 Å². The Kier molecular flexibility index (Phi) is 4.02. The van der Waals surface area contributed by atoms with Crippen LogP contribution < -0.4 is 5.73 Å². The molecule has 0 saturated heterocycles. The van der Waals surface area contributed by atoms with Gasteiger partial charge in [0.05, 0.1) is 18.8 Å². The highest BCUT2D eigenvalue weighted by molar-refractivity contribution is 5.17. The molecule has 1 aromatic carbocycles. The van der Waals surface area contributed by atoms with E-state index in [1.165, 1.54) is 5.56 Å². The maximum absolute atomic E-state index is 10.3. The van der Waals surface area contributed by atoms with E-state index in [1.807, 2.05) is 42.9 Å². The monoisotopic (exact) mass is 259 g/mol. The molecular formula is C15H21N3O. The number of hydrogen-bond acceptors (Lipinski definition) is 3. The predicted octanol–water partition coefficient (Wildman–Crippen LogP) is 1.95. The van der Waals surface area contributed by atoms with Crippen LogP contribution in [0.1, 0.15) is 31.1 Å². The van der Waals surface area contributed by atoms with Crippen LogP contribution in [-0.2, 0) is 6.54 Å². The second kappa shape index (κ2) is 5.55. The fourth-order valence-electron chi connectivity index (χ4n) is 1.94. The Morgan fingerprint density at radius 3 is 2.63 bits per heavy atom. The van der Waals surface area contributed by atoms with Crippen molar-refractivity contribution in [1.82, 2.24) is 9.78 Å². The molecule has 4 heteroatoms. The lowest BCUT2D eigenvalue weighted by atomic mass is 9.84. The van der Waals surface area contributed by atoms with Crippen molar-refractivity contribution in [3.05, 3.63) is 53.9 Å². The summed E-state index contributed by atoms with van der Waals surface area (Å²) < 4.78 is 1.83. The zero-order valence-corrected chi connectivity index (χ0v) is 11.5. The number of aromatic nitrogens is 2. The smallest absolute Gasteiger partial charge is 0.0883 e. The molecule has 0 amide bonds. The van der Waals surface area contributed by atoms with Crippen LogP contribution in [0.5, 0.6) is 0 Å². The predicted molar refractivity (Wildman–Crippen MR) is 75.6 cm³/mol. The highest BCUT2D eigenvalue weighted by Gasteiger charge is 2.28. The van der Waals surface area contributed by atoms with Gasteiger partial charge < -0.3 is 10.8 Å². The fourth-order valence-corrected chi connectivity index (χ4v) is 1.94. The van der Waals surface area contributed by atoms with Crippen LogP contribution in [0.25, 0.3) is 0 Å². The third kappa shape index (κ3) is 3.22. The molecule has 0 radical (unpaired) electrons. The highest BCUT2D eigenvalue weighted by Crippen LogP contribution is 2.31. The summed E-state index contributed by atoms with van der Waals surface area (Å²) in [6.45, 7) is 5.03. The minimum atomic E-state index is -0.595. The maximum Gasteiger partial charge on any atom is 0.0883 e. The lowest BCUT2D eigenvalue weighted by Crippen LogP contribution is -2.30. The van der Waals surface area contributed by atoms with Crippen molar-refractivity contribution in [2.75, 3.05) is 6.54 Å². The molecule has 0 bridgehead atoms. The third-order valence-corrected chi connectivity index (χ3v) is 3.42. The molecule has 2 aromatic rings. The molecule has 0 aliphatic carbocycles. The molecule has 1 aromatic heterocycles. The van der Waals surface area contributed by atoms with Gasteiger partial charge in [-0.1, -0.05) is 44.2 Å². The summed E-state index contributed by atoms with van der Waals surface area (Å²) >= 11 is 0. The van der Waals surface area contributed by atoms with E-state index in [9.17, 15) is 5.11 Å². The second-order valence-electron chi connectivity index (χ2n) is 5.55. The molecule has 0 aliphatic heterocycles. The Morgan fingerprint density at radius 2 is 2.00 bits per heavy atom. The van der Waals surface area contributed by atoms with Crippen molar-refractivity contribution < 1.29 is 5.11 Å². The van der Waals surface area contributed by atoms with Gasteiger partial charge in [0, 0.05) is 23.7 Å². The summed E-state index contributed by atoms with van der Waals surface area (Å²) in [5.41, 5.74) is 7.34. The van der Waals surface area contributed by atoms with Gasteiger partial charge in [-0.15, -0.1) is 0 Å².